The Morgan fingerprint density at radius 3 is 2.62 bits per heavy atom. The van der Waals surface area contributed by atoms with Crippen molar-refractivity contribution in [2.75, 3.05) is 23.7 Å². The van der Waals surface area contributed by atoms with Gasteiger partial charge >= 0.3 is 6.09 Å². The first-order chi connectivity index (χ1) is 22.6. The van der Waals surface area contributed by atoms with E-state index in [0.29, 0.717) is 59.5 Å². The summed E-state index contributed by atoms with van der Waals surface area (Å²) in [7, 11) is 0. The summed E-state index contributed by atoms with van der Waals surface area (Å²) in [5, 5.41) is 8.03. The van der Waals surface area contributed by atoms with Crippen molar-refractivity contribution in [3.63, 3.8) is 0 Å². The van der Waals surface area contributed by atoms with Crippen LogP contribution >= 0.6 is 0 Å². The molecule has 6 rings (SSSR count). The maximum absolute atomic E-state index is 15.1. The lowest BCUT2D eigenvalue weighted by molar-refractivity contribution is 0.0206. The molecule has 2 aromatic carbocycles. The van der Waals surface area contributed by atoms with Gasteiger partial charge in [-0.15, -0.1) is 0 Å². The molecule has 1 amide bonds. The number of piperidine rings is 1. The Kier molecular flexibility index (Phi) is 9.15. The van der Waals surface area contributed by atoms with Gasteiger partial charge in [-0.05, 0) is 88.6 Å². The molecule has 5 aromatic rings. The van der Waals surface area contributed by atoms with Gasteiger partial charge in [0, 0.05) is 48.5 Å². The summed E-state index contributed by atoms with van der Waals surface area (Å²) < 4.78 is 27.2. The summed E-state index contributed by atoms with van der Waals surface area (Å²) in [5.74, 6) is 0.998. The number of hydrogen-bond donors (Lipinski definition) is 2. The van der Waals surface area contributed by atoms with Crippen molar-refractivity contribution in [3.8, 4) is 22.9 Å². The number of carbonyl (C=O) groups excluding carboxylic acids is 1. The Hall–Kier alpha value is -5.32. The van der Waals surface area contributed by atoms with E-state index >= 15 is 4.39 Å². The molecule has 0 saturated carbocycles. The Morgan fingerprint density at radius 1 is 0.979 bits per heavy atom. The highest BCUT2D eigenvalue weighted by molar-refractivity contribution is 5.99. The van der Waals surface area contributed by atoms with E-state index in [4.69, 9.17) is 14.5 Å². The molecule has 1 fully saturated rings. The molecule has 47 heavy (non-hydrogen) atoms. The Balaban J connectivity index is 1.24. The average Bonchev–Trinajstić information content (AvgIpc) is 3.06. The van der Waals surface area contributed by atoms with Crippen LogP contribution in [0.15, 0.2) is 79.3 Å². The number of ether oxygens (including phenoxy) is 2. The molecule has 0 radical (unpaired) electrons. The van der Waals surface area contributed by atoms with Crippen LogP contribution in [0.2, 0.25) is 0 Å². The second-order valence-corrected chi connectivity index (χ2v) is 12.5. The van der Waals surface area contributed by atoms with Gasteiger partial charge in [-0.2, -0.15) is 0 Å². The lowest BCUT2D eigenvalue weighted by Crippen LogP contribution is -2.47. The van der Waals surface area contributed by atoms with E-state index in [1.54, 1.807) is 35.6 Å². The van der Waals surface area contributed by atoms with Crippen molar-refractivity contribution in [2.45, 2.75) is 58.7 Å². The quantitative estimate of drug-likeness (QED) is 0.177. The van der Waals surface area contributed by atoms with E-state index in [1.165, 1.54) is 6.07 Å². The first kappa shape index (κ1) is 31.7. The van der Waals surface area contributed by atoms with Crippen LogP contribution in [-0.2, 0) is 11.3 Å². The smallest absolute Gasteiger partial charge is 0.410 e. The average molecular weight is 636 g/mol. The van der Waals surface area contributed by atoms with E-state index in [2.05, 4.69) is 25.6 Å². The molecule has 10 nitrogen and oxygen atoms in total. The molecule has 0 aliphatic carbocycles. The zero-order chi connectivity index (χ0) is 33.0. The number of nitrogens with zero attached hydrogens (tertiary/aromatic N) is 5. The molecule has 3 aromatic heterocycles. The molecule has 1 saturated heterocycles. The highest BCUT2D eigenvalue weighted by atomic mass is 19.1. The molecule has 0 spiro atoms. The summed E-state index contributed by atoms with van der Waals surface area (Å²) >= 11 is 0. The summed E-state index contributed by atoms with van der Waals surface area (Å²) in [6, 6.07) is 18.1. The number of rotatable bonds is 8. The third-order valence-corrected chi connectivity index (χ3v) is 7.78. The van der Waals surface area contributed by atoms with Crippen LogP contribution in [0.1, 0.15) is 44.9 Å². The molecule has 1 unspecified atom stereocenters. The lowest BCUT2D eigenvalue weighted by atomic mass is 10.0. The Bertz CT molecular complexity index is 1880. The summed E-state index contributed by atoms with van der Waals surface area (Å²) in [5.41, 5.74) is 2.77. The number of amides is 1. The first-order valence-electron chi connectivity index (χ1n) is 15.7. The Labute approximate surface area is 273 Å². The second-order valence-electron chi connectivity index (χ2n) is 12.5. The number of pyridine rings is 2. The van der Waals surface area contributed by atoms with Crippen LogP contribution in [0, 0.1) is 12.7 Å². The van der Waals surface area contributed by atoms with Crippen LogP contribution < -0.4 is 15.4 Å². The van der Waals surface area contributed by atoms with Crippen LogP contribution in [-0.4, -0.2) is 55.7 Å². The van der Waals surface area contributed by atoms with Crippen molar-refractivity contribution < 1.29 is 18.7 Å². The standard InChI is InChI=1S/C36H38FN7O3/c1-23-12-13-26-27(14-15-29(37)31(26)41-21-24-9-5-6-17-38-24)32(23)46-33-28(11-7-18-39-33)30-16-19-40-34(43-30)42-25-10-8-20-44(22-25)35(45)47-36(2,3)4/h5-7,9,11-19,25,41H,8,10,20-22H2,1-4H3,(H,40,42,43). The van der Waals surface area contributed by atoms with Gasteiger partial charge in [0.2, 0.25) is 11.8 Å². The van der Waals surface area contributed by atoms with Crippen molar-refractivity contribution in [1.82, 2.24) is 24.8 Å². The first-order valence-corrected chi connectivity index (χ1v) is 15.7. The van der Waals surface area contributed by atoms with Gasteiger partial charge < -0.3 is 25.0 Å². The topological polar surface area (TPSA) is 114 Å². The number of carbonyl (C=O) groups is 1. The van der Waals surface area contributed by atoms with E-state index in [-0.39, 0.29) is 18.0 Å². The fraction of sp³-hybridized carbons (Fsp3) is 0.306. The molecular weight excluding hydrogens is 597 g/mol. The highest BCUT2D eigenvalue weighted by Gasteiger charge is 2.28. The number of fused-ring (bicyclic) bond motifs is 1. The molecule has 1 atom stereocenters. The number of anilines is 2. The number of halogens is 1. The van der Waals surface area contributed by atoms with Gasteiger partial charge in [0.15, 0.2) is 0 Å². The van der Waals surface area contributed by atoms with E-state index in [0.717, 1.165) is 29.5 Å². The maximum Gasteiger partial charge on any atom is 0.410 e. The number of hydrogen-bond acceptors (Lipinski definition) is 9. The number of aryl methyl sites for hydroxylation is 1. The van der Waals surface area contributed by atoms with E-state index < -0.39 is 5.60 Å². The molecule has 242 valence electrons. The van der Waals surface area contributed by atoms with Crippen LogP contribution in [0.3, 0.4) is 0 Å². The van der Waals surface area contributed by atoms with Crippen LogP contribution in [0.4, 0.5) is 20.8 Å². The second kappa shape index (κ2) is 13.6. The van der Waals surface area contributed by atoms with Crippen molar-refractivity contribution in [3.05, 3.63) is 96.3 Å². The minimum atomic E-state index is -0.557. The van der Waals surface area contributed by atoms with Crippen molar-refractivity contribution in [1.29, 1.82) is 0 Å². The van der Waals surface area contributed by atoms with E-state index in [1.807, 2.05) is 70.2 Å². The van der Waals surface area contributed by atoms with Gasteiger partial charge in [0.1, 0.15) is 17.2 Å². The fourth-order valence-corrected chi connectivity index (χ4v) is 5.57. The molecule has 1 aliphatic rings. The molecule has 0 bridgehead atoms. The zero-order valence-electron chi connectivity index (χ0n) is 27.0. The van der Waals surface area contributed by atoms with Crippen molar-refractivity contribution >= 4 is 28.5 Å². The fourth-order valence-electron chi connectivity index (χ4n) is 5.57. The third kappa shape index (κ3) is 7.57. The van der Waals surface area contributed by atoms with Gasteiger partial charge in [-0.25, -0.2) is 24.1 Å². The summed E-state index contributed by atoms with van der Waals surface area (Å²) in [6.07, 6.45) is 6.44. The van der Waals surface area contributed by atoms with Crippen molar-refractivity contribution in [2.24, 2.45) is 0 Å². The maximum atomic E-state index is 15.1. The van der Waals surface area contributed by atoms with Gasteiger partial charge in [0.25, 0.3) is 0 Å². The summed E-state index contributed by atoms with van der Waals surface area (Å²) in [4.78, 5) is 32.5. The largest absolute Gasteiger partial charge is 0.444 e. The van der Waals surface area contributed by atoms with Gasteiger partial charge in [-0.3, -0.25) is 4.98 Å². The number of likely N-dealkylation sites (tertiary alicyclic amines) is 1. The minimum Gasteiger partial charge on any atom is -0.444 e. The predicted octanol–water partition coefficient (Wildman–Crippen LogP) is 7.75. The molecule has 4 heterocycles. The highest BCUT2D eigenvalue weighted by Crippen LogP contribution is 2.39. The molecule has 11 heteroatoms. The van der Waals surface area contributed by atoms with Gasteiger partial charge in [0.05, 0.1) is 29.2 Å². The van der Waals surface area contributed by atoms with Crippen LogP contribution in [0.25, 0.3) is 22.0 Å². The summed E-state index contributed by atoms with van der Waals surface area (Å²) in [6.45, 7) is 9.04. The predicted molar refractivity (Wildman–Crippen MR) is 180 cm³/mol. The van der Waals surface area contributed by atoms with E-state index in [9.17, 15) is 4.79 Å². The van der Waals surface area contributed by atoms with Gasteiger partial charge in [-0.1, -0.05) is 18.2 Å². The van der Waals surface area contributed by atoms with Crippen LogP contribution in [0.5, 0.6) is 11.6 Å². The monoisotopic (exact) mass is 635 g/mol. The molecule has 1 aliphatic heterocycles. The third-order valence-electron chi connectivity index (χ3n) is 7.78. The number of aromatic nitrogens is 4. The Morgan fingerprint density at radius 2 is 1.81 bits per heavy atom. The SMILES string of the molecule is Cc1ccc2c(NCc3ccccn3)c(F)ccc2c1Oc1ncccc1-c1ccnc(NC2CCCN(C(=O)OC(C)(C)C)C2)n1. The minimum absolute atomic E-state index is 0.0321. The number of benzene rings is 2. The number of nitrogens with one attached hydrogen (secondary N) is 2. The molecule has 2 N–H and O–H groups in total. The lowest BCUT2D eigenvalue weighted by Gasteiger charge is -2.34. The molecular formula is C36H38FN7O3. The normalized spacial score (nSPS) is 14.9. The zero-order valence-corrected chi connectivity index (χ0v) is 27.0.